The molecule has 0 radical (unpaired) electrons. The predicted octanol–water partition coefficient (Wildman–Crippen LogP) is 1.23. The van der Waals surface area contributed by atoms with Crippen molar-refractivity contribution in [1.82, 2.24) is 0 Å². The predicted molar refractivity (Wildman–Crippen MR) is 76.2 cm³/mol. The first kappa shape index (κ1) is 13.7. The van der Waals surface area contributed by atoms with E-state index in [1.807, 2.05) is 7.05 Å². The molecule has 1 fully saturated rings. The Morgan fingerprint density at radius 2 is 2.11 bits per heavy atom. The van der Waals surface area contributed by atoms with Gasteiger partial charge in [0.25, 0.3) is 0 Å². The highest BCUT2D eigenvalue weighted by molar-refractivity contribution is 5.95. The second-order valence-electron chi connectivity index (χ2n) is 5.07. The number of hydrogen-bond acceptors (Lipinski definition) is 4. The fourth-order valence-electron chi connectivity index (χ4n) is 2.44. The van der Waals surface area contributed by atoms with Crippen LogP contribution in [-0.4, -0.2) is 32.7 Å². The minimum atomic E-state index is -0.430. The molecule has 5 nitrogen and oxygen atoms in total. The first-order chi connectivity index (χ1) is 9.08. The molecule has 0 aliphatic carbocycles. The van der Waals surface area contributed by atoms with Crippen LogP contribution in [0, 0.1) is 5.92 Å². The van der Waals surface area contributed by atoms with E-state index in [4.69, 9.17) is 16.2 Å². The number of anilines is 2. The number of nitrogens with zero attached hydrogens (tertiary/aromatic N) is 1. The third-order valence-electron chi connectivity index (χ3n) is 3.60. The van der Waals surface area contributed by atoms with Crippen LogP contribution in [-0.2, 0) is 4.74 Å². The maximum Gasteiger partial charge on any atom is 0.248 e. The lowest BCUT2D eigenvalue weighted by atomic mass is 9.99. The van der Waals surface area contributed by atoms with Crippen LogP contribution in [0.1, 0.15) is 23.2 Å². The zero-order valence-corrected chi connectivity index (χ0v) is 11.3. The van der Waals surface area contributed by atoms with Crippen molar-refractivity contribution in [2.24, 2.45) is 11.7 Å². The van der Waals surface area contributed by atoms with Crippen LogP contribution in [0.2, 0.25) is 0 Å². The van der Waals surface area contributed by atoms with Crippen molar-refractivity contribution in [3.05, 3.63) is 23.8 Å². The Morgan fingerprint density at radius 3 is 2.74 bits per heavy atom. The summed E-state index contributed by atoms with van der Waals surface area (Å²) in [6.45, 7) is 2.57. The van der Waals surface area contributed by atoms with Gasteiger partial charge in [0.05, 0.1) is 11.4 Å². The molecule has 1 heterocycles. The third kappa shape index (κ3) is 3.38. The molecule has 1 amide bonds. The van der Waals surface area contributed by atoms with E-state index in [-0.39, 0.29) is 0 Å². The SMILES string of the molecule is CN(CC1CCOCC1)c1cc(C(N)=O)ccc1N. The third-order valence-corrected chi connectivity index (χ3v) is 3.60. The van der Waals surface area contributed by atoms with Crippen molar-refractivity contribution < 1.29 is 9.53 Å². The van der Waals surface area contributed by atoms with Gasteiger partial charge in [-0.15, -0.1) is 0 Å². The maximum atomic E-state index is 11.2. The number of rotatable bonds is 4. The van der Waals surface area contributed by atoms with Crippen molar-refractivity contribution >= 4 is 17.3 Å². The molecule has 1 aromatic carbocycles. The molecule has 4 N–H and O–H groups in total. The number of nitrogen functional groups attached to an aromatic ring is 1. The van der Waals surface area contributed by atoms with Gasteiger partial charge in [-0.2, -0.15) is 0 Å². The Labute approximate surface area is 113 Å². The standard InChI is InChI=1S/C14H21N3O2/c1-17(9-10-4-6-19-7-5-10)13-8-11(14(16)18)2-3-12(13)15/h2-3,8,10H,4-7,9,15H2,1H3,(H2,16,18). The molecule has 104 valence electrons. The maximum absolute atomic E-state index is 11.2. The largest absolute Gasteiger partial charge is 0.397 e. The number of primary amides is 1. The van der Waals surface area contributed by atoms with Gasteiger partial charge < -0.3 is 21.1 Å². The van der Waals surface area contributed by atoms with Crippen LogP contribution in [0.3, 0.4) is 0 Å². The van der Waals surface area contributed by atoms with Crippen molar-refractivity contribution in [1.29, 1.82) is 0 Å². The van der Waals surface area contributed by atoms with Gasteiger partial charge in [-0.25, -0.2) is 0 Å². The Hall–Kier alpha value is -1.75. The molecule has 1 saturated heterocycles. The molecule has 19 heavy (non-hydrogen) atoms. The molecular weight excluding hydrogens is 242 g/mol. The minimum Gasteiger partial charge on any atom is -0.397 e. The second-order valence-corrected chi connectivity index (χ2v) is 5.07. The molecular formula is C14H21N3O2. The fraction of sp³-hybridized carbons (Fsp3) is 0.500. The van der Waals surface area contributed by atoms with Crippen LogP contribution in [0.25, 0.3) is 0 Å². The van der Waals surface area contributed by atoms with Crippen LogP contribution in [0.4, 0.5) is 11.4 Å². The van der Waals surface area contributed by atoms with E-state index in [9.17, 15) is 4.79 Å². The second kappa shape index (κ2) is 5.93. The summed E-state index contributed by atoms with van der Waals surface area (Å²) in [7, 11) is 1.99. The molecule has 5 heteroatoms. The fourth-order valence-corrected chi connectivity index (χ4v) is 2.44. The Bertz CT molecular complexity index is 456. The number of carbonyl (C=O) groups excluding carboxylic acids is 1. The van der Waals surface area contributed by atoms with E-state index in [0.717, 1.165) is 38.3 Å². The van der Waals surface area contributed by atoms with E-state index < -0.39 is 5.91 Å². The van der Waals surface area contributed by atoms with Gasteiger partial charge in [-0.3, -0.25) is 4.79 Å². The molecule has 0 unspecified atom stereocenters. The van der Waals surface area contributed by atoms with Gasteiger partial charge in [0, 0.05) is 32.4 Å². The first-order valence-corrected chi connectivity index (χ1v) is 6.56. The molecule has 0 saturated carbocycles. The minimum absolute atomic E-state index is 0.430. The summed E-state index contributed by atoms with van der Waals surface area (Å²) < 4.78 is 5.36. The number of nitrogens with two attached hydrogens (primary N) is 2. The summed E-state index contributed by atoms with van der Waals surface area (Å²) in [5.74, 6) is 0.177. The number of ether oxygens (including phenoxy) is 1. The van der Waals surface area contributed by atoms with Crippen molar-refractivity contribution in [3.63, 3.8) is 0 Å². The van der Waals surface area contributed by atoms with E-state index in [1.165, 1.54) is 0 Å². The summed E-state index contributed by atoms with van der Waals surface area (Å²) in [6.07, 6.45) is 2.14. The lowest BCUT2D eigenvalue weighted by Crippen LogP contribution is -2.30. The molecule has 1 aliphatic heterocycles. The van der Waals surface area contributed by atoms with Gasteiger partial charge >= 0.3 is 0 Å². The lowest BCUT2D eigenvalue weighted by molar-refractivity contribution is 0.0685. The van der Waals surface area contributed by atoms with Crippen molar-refractivity contribution in [2.45, 2.75) is 12.8 Å². The highest BCUT2D eigenvalue weighted by Crippen LogP contribution is 2.26. The first-order valence-electron chi connectivity index (χ1n) is 6.56. The van der Waals surface area contributed by atoms with Gasteiger partial charge in [0.15, 0.2) is 0 Å². The summed E-state index contributed by atoms with van der Waals surface area (Å²) in [6, 6.07) is 5.15. The smallest absolute Gasteiger partial charge is 0.248 e. The number of amides is 1. The lowest BCUT2D eigenvalue weighted by Gasteiger charge is -2.29. The molecule has 0 spiro atoms. The molecule has 2 rings (SSSR count). The molecule has 0 atom stereocenters. The average molecular weight is 263 g/mol. The molecule has 1 aromatic rings. The monoisotopic (exact) mass is 263 g/mol. The summed E-state index contributed by atoms with van der Waals surface area (Å²) in [5.41, 5.74) is 13.3. The summed E-state index contributed by atoms with van der Waals surface area (Å²) in [5, 5.41) is 0. The molecule has 0 bridgehead atoms. The van der Waals surface area contributed by atoms with Crippen molar-refractivity contribution in [2.75, 3.05) is 37.4 Å². The van der Waals surface area contributed by atoms with E-state index in [1.54, 1.807) is 18.2 Å². The van der Waals surface area contributed by atoms with Crippen LogP contribution >= 0.6 is 0 Å². The Morgan fingerprint density at radius 1 is 1.42 bits per heavy atom. The van der Waals surface area contributed by atoms with Gasteiger partial charge in [-0.05, 0) is 37.0 Å². The van der Waals surface area contributed by atoms with E-state index in [0.29, 0.717) is 17.2 Å². The van der Waals surface area contributed by atoms with Crippen molar-refractivity contribution in [3.8, 4) is 0 Å². The highest BCUT2D eigenvalue weighted by atomic mass is 16.5. The summed E-state index contributed by atoms with van der Waals surface area (Å²) >= 11 is 0. The average Bonchev–Trinajstić information content (AvgIpc) is 2.40. The number of carbonyl (C=O) groups is 1. The van der Waals surface area contributed by atoms with Gasteiger partial charge in [0.2, 0.25) is 5.91 Å². The molecule has 1 aliphatic rings. The van der Waals surface area contributed by atoms with Crippen LogP contribution in [0.5, 0.6) is 0 Å². The Balaban J connectivity index is 2.10. The topological polar surface area (TPSA) is 81.6 Å². The Kier molecular flexibility index (Phi) is 4.27. The number of benzene rings is 1. The van der Waals surface area contributed by atoms with E-state index in [2.05, 4.69) is 4.90 Å². The van der Waals surface area contributed by atoms with Crippen LogP contribution in [0.15, 0.2) is 18.2 Å². The van der Waals surface area contributed by atoms with Gasteiger partial charge in [0.1, 0.15) is 0 Å². The van der Waals surface area contributed by atoms with Gasteiger partial charge in [-0.1, -0.05) is 0 Å². The normalized spacial score (nSPS) is 16.3. The zero-order chi connectivity index (χ0) is 13.8. The van der Waals surface area contributed by atoms with Crippen LogP contribution < -0.4 is 16.4 Å². The number of hydrogen-bond donors (Lipinski definition) is 2. The van der Waals surface area contributed by atoms with E-state index >= 15 is 0 Å². The zero-order valence-electron chi connectivity index (χ0n) is 11.3. The highest BCUT2D eigenvalue weighted by Gasteiger charge is 2.17. The summed E-state index contributed by atoms with van der Waals surface area (Å²) in [4.78, 5) is 13.3. The quantitative estimate of drug-likeness (QED) is 0.801. The molecule has 0 aromatic heterocycles.